The second kappa shape index (κ2) is 3.70. The molecule has 0 saturated carbocycles. The van der Waals surface area contributed by atoms with Crippen molar-refractivity contribution in [3.63, 3.8) is 0 Å². The summed E-state index contributed by atoms with van der Waals surface area (Å²) in [5.74, 6) is 0. The van der Waals surface area contributed by atoms with Crippen LogP contribution in [-0.4, -0.2) is 45.0 Å². The summed E-state index contributed by atoms with van der Waals surface area (Å²) >= 11 is 0. The third-order valence-electron chi connectivity index (χ3n) is 1.32. The highest BCUT2D eigenvalue weighted by molar-refractivity contribution is 7.71. The molecule has 1 rings (SSSR count). The van der Waals surface area contributed by atoms with Gasteiger partial charge in [-0.25, -0.2) is 0 Å². The highest BCUT2D eigenvalue weighted by Gasteiger charge is 2.06. The molecule has 4 nitrogen and oxygen atoms in total. The molecule has 0 atom stereocenters. The van der Waals surface area contributed by atoms with Crippen LogP contribution in [0.3, 0.4) is 0 Å². The van der Waals surface area contributed by atoms with E-state index in [9.17, 15) is 8.42 Å². The van der Waals surface area contributed by atoms with Crippen molar-refractivity contribution in [2.45, 2.75) is 0 Å². The van der Waals surface area contributed by atoms with Gasteiger partial charge >= 0.3 is 0 Å². The lowest BCUT2D eigenvalue weighted by atomic mass is 10.4. The highest BCUT2D eigenvalue weighted by Crippen LogP contribution is 1.85. The summed E-state index contributed by atoms with van der Waals surface area (Å²) in [6, 6.07) is 0. The number of hydrogen-bond donors (Lipinski definition) is 1. The van der Waals surface area contributed by atoms with Crippen LogP contribution < -0.4 is 5.32 Å². The van der Waals surface area contributed by atoms with Gasteiger partial charge in [0.05, 0.1) is 0 Å². The van der Waals surface area contributed by atoms with Crippen molar-refractivity contribution in [1.29, 1.82) is 0 Å². The van der Waals surface area contributed by atoms with Crippen LogP contribution in [0.4, 0.5) is 0 Å². The zero-order chi connectivity index (χ0) is 7.40. The van der Waals surface area contributed by atoms with Crippen molar-refractivity contribution >= 4 is 15.8 Å². The second-order valence-electron chi connectivity index (χ2n) is 2.06. The summed E-state index contributed by atoms with van der Waals surface area (Å²) < 4.78 is 20.2. The van der Waals surface area contributed by atoms with E-state index in [1.165, 1.54) is 0 Å². The lowest BCUT2D eigenvalue weighted by Crippen LogP contribution is -2.42. The average molecular weight is 161 g/mol. The molecule has 10 heavy (non-hydrogen) atoms. The summed E-state index contributed by atoms with van der Waals surface area (Å²) in [6.45, 7) is 3.14. The van der Waals surface area contributed by atoms with Crippen molar-refractivity contribution in [3.05, 3.63) is 0 Å². The largest absolute Gasteiger partial charge is 0.314 e. The van der Waals surface area contributed by atoms with Gasteiger partial charge in [0.25, 0.3) is 0 Å². The van der Waals surface area contributed by atoms with Crippen LogP contribution in [0, 0.1) is 0 Å². The fourth-order valence-electron chi connectivity index (χ4n) is 0.862. The molecule has 1 N–H and O–H groups in total. The van der Waals surface area contributed by atoms with E-state index in [0.29, 0.717) is 0 Å². The first kappa shape index (κ1) is 7.71. The maximum absolute atomic E-state index is 10.1. The molecule has 0 bridgehead atoms. The van der Waals surface area contributed by atoms with E-state index in [1.54, 1.807) is 4.90 Å². The topological polar surface area (TPSA) is 49.4 Å². The van der Waals surface area contributed by atoms with Crippen molar-refractivity contribution in [1.82, 2.24) is 10.2 Å². The lowest BCUT2D eigenvalue weighted by Gasteiger charge is -2.20. The Morgan fingerprint density at radius 1 is 1.30 bits per heavy atom. The molecule has 0 aromatic heterocycles. The molecule has 1 saturated heterocycles. The van der Waals surface area contributed by atoms with E-state index < -0.39 is 10.3 Å². The predicted molar refractivity (Wildman–Crippen MR) is 38.4 cm³/mol. The minimum absolute atomic E-state index is 0.730. The molecule has 57 valence electrons. The third-order valence-corrected chi connectivity index (χ3v) is 1.73. The molecule has 0 aromatic rings. The smallest absolute Gasteiger partial charge is 0.235 e. The van der Waals surface area contributed by atoms with Crippen LogP contribution in [0.5, 0.6) is 0 Å². The standard InChI is InChI=1S/C5H9N2O2S/c8-10(9)5-7-3-1-6-2-4-7/h6H,1-4H2. The Morgan fingerprint density at radius 2 is 1.90 bits per heavy atom. The minimum atomic E-state index is -2.16. The van der Waals surface area contributed by atoms with Crippen LogP contribution in [0.1, 0.15) is 0 Å². The number of piperazine rings is 1. The van der Waals surface area contributed by atoms with E-state index in [0.717, 1.165) is 26.2 Å². The van der Waals surface area contributed by atoms with Gasteiger partial charge in [0.15, 0.2) is 5.49 Å². The normalized spacial score (nSPS) is 20.4. The van der Waals surface area contributed by atoms with Crippen molar-refractivity contribution < 1.29 is 8.42 Å². The van der Waals surface area contributed by atoms with Gasteiger partial charge in [-0.3, -0.25) is 4.90 Å². The quantitative estimate of drug-likeness (QED) is 0.471. The van der Waals surface area contributed by atoms with Crippen molar-refractivity contribution in [3.8, 4) is 0 Å². The molecule has 1 radical (unpaired) electrons. The first-order chi connectivity index (χ1) is 4.79. The van der Waals surface area contributed by atoms with E-state index in [-0.39, 0.29) is 0 Å². The van der Waals surface area contributed by atoms with E-state index in [4.69, 9.17) is 0 Å². The van der Waals surface area contributed by atoms with Gasteiger partial charge in [-0.05, 0) is 0 Å². The average Bonchev–Trinajstić information content (AvgIpc) is 1.88. The van der Waals surface area contributed by atoms with Crippen LogP contribution in [0.2, 0.25) is 0 Å². The van der Waals surface area contributed by atoms with E-state index in [2.05, 4.69) is 10.8 Å². The van der Waals surface area contributed by atoms with Crippen LogP contribution in [0.25, 0.3) is 0 Å². The Balaban J connectivity index is 2.48. The zero-order valence-corrected chi connectivity index (χ0v) is 6.32. The zero-order valence-electron chi connectivity index (χ0n) is 5.50. The Hall–Kier alpha value is -0.390. The van der Waals surface area contributed by atoms with Gasteiger partial charge in [-0.2, -0.15) is 8.42 Å². The van der Waals surface area contributed by atoms with Gasteiger partial charge in [-0.1, -0.05) is 0 Å². The number of hydrogen-bond acceptors (Lipinski definition) is 3. The minimum Gasteiger partial charge on any atom is -0.314 e. The summed E-state index contributed by atoms with van der Waals surface area (Å²) in [7, 11) is -2.16. The fourth-order valence-corrected chi connectivity index (χ4v) is 1.25. The molecule has 0 aliphatic carbocycles. The molecule has 0 aromatic carbocycles. The first-order valence-corrected chi connectivity index (χ1v) is 4.18. The van der Waals surface area contributed by atoms with E-state index >= 15 is 0 Å². The maximum atomic E-state index is 10.1. The summed E-state index contributed by atoms with van der Waals surface area (Å²) in [5.41, 5.74) is 2.29. The van der Waals surface area contributed by atoms with Gasteiger partial charge < -0.3 is 5.32 Å². The van der Waals surface area contributed by atoms with Gasteiger partial charge in [0.1, 0.15) is 0 Å². The number of nitrogens with one attached hydrogen (secondary N) is 1. The molecular formula is C5H9N2O2S. The van der Waals surface area contributed by atoms with Gasteiger partial charge in [0, 0.05) is 26.2 Å². The van der Waals surface area contributed by atoms with Crippen molar-refractivity contribution in [2.75, 3.05) is 26.2 Å². The SMILES string of the molecule is O=S(=O)=[C]N1CCNCC1. The van der Waals surface area contributed by atoms with Crippen LogP contribution in [-0.2, 0) is 10.3 Å². The summed E-state index contributed by atoms with van der Waals surface area (Å²) in [5, 5.41) is 3.11. The molecule has 0 unspecified atom stereocenters. The maximum Gasteiger partial charge on any atom is 0.235 e. The molecule has 0 amide bonds. The summed E-state index contributed by atoms with van der Waals surface area (Å²) in [6.07, 6.45) is 0. The highest BCUT2D eigenvalue weighted by atomic mass is 32.2. The third kappa shape index (κ3) is 2.47. The molecule has 1 aliphatic rings. The van der Waals surface area contributed by atoms with E-state index in [1.807, 2.05) is 0 Å². The Kier molecular flexibility index (Phi) is 2.85. The lowest BCUT2D eigenvalue weighted by molar-refractivity contribution is 0.370. The molecule has 1 aliphatic heterocycles. The molecule has 5 heteroatoms. The monoisotopic (exact) mass is 161 g/mol. The number of rotatable bonds is 1. The van der Waals surface area contributed by atoms with Gasteiger partial charge in [-0.15, -0.1) is 0 Å². The Morgan fingerprint density at radius 3 is 2.40 bits per heavy atom. The Labute approximate surface area is 61.4 Å². The summed E-state index contributed by atoms with van der Waals surface area (Å²) in [4.78, 5) is 1.67. The number of nitrogens with zero attached hydrogens (tertiary/aromatic N) is 1. The van der Waals surface area contributed by atoms with Gasteiger partial charge in [0.2, 0.25) is 10.3 Å². The fraction of sp³-hybridized carbons (Fsp3) is 0.800. The molecule has 1 heterocycles. The van der Waals surface area contributed by atoms with Crippen LogP contribution in [0.15, 0.2) is 0 Å². The first-order valence-electron chi connectivity index (χ1n) is 3.10. The molecular weight excluding hydrogens is 152 g/mol. The predicted octanol–water partition coefficient (Wildman–Crippen LogP) is -1.59. The Bertz CT molecular complexity index is 208. The van der Waals surface area contributed by atoms with Crippen LogP contribution >= 0.6 is 0 Å². The molecule has 0 spiro atoms. The van der Waals surface area contributed by atoms with Crippen molar-refractivity contribution in [2.24, 2.45) is 0 Å². The molecule has 1 fully saturated rings. The second-order valence-corrected chi connectivity index (χ2v) is 2.72.